The van der Waals surface area contributed by atoms with E-state index in [0.717, 1.165) is 22.0 Å². The highest BCUT2D eigenvalue weighted by Crippen LogP contribution is 2.36. The fraction of sp³-hybridized carbons (Fsp3) is 0.208. The number of amides is 1. The standard InChI is InChI=1S/C24H24N2O3S/c1-3-29-21-11-10-16(13-22(21)28-2)18(14-26-24(27)23-9-6-12-30-23)19-15-25-20-8-5-4-7-17(19)20/h4-13,15,18,25H,3,14H2,1-2H3,(H,26,27)/t18-/m1/s1. The van der Waals surface area contributed by atoms with E-state index in [0.29, 0.717) is 29.5 Å². The molecule has 0 aliphatic heterocycles. The van der Waals surface area contributed by atoms with Crippen LogP contribution >= 0.6 is 11.3 Å². The zero-order valence-corrected chi connectivity index (χ0v) is 17.8. The number of para-hydroxylation sites is 1. The monoisotopic (exact) mass is 420 g/mol. The van der Waals surface area contributed by atoms with Crippen molar-refractivity contribution in [2.45, 2.75) is 12.8 Å². The zero-order chi connectivity index (χ0) is 20.9. The van der Waals surface area contributed by atoms with Crippen molar-refractivity contribution in [1.29, 1.82) is 0 Å². The van der Waals surface area contributed by atoms with Gasteiger partial charge < -0.3 is 19.8 Å². The molecule has 2 heterocycles. The maximum Gasteiger partial charge on any atom is 0.261 e. The highest BCUT2D eigenvalue weighted by atomic mass is 32.1. The predicted octanol–water partition coefficient (Wildman–Crippen LogP) is 5.20. The van der Waals surface area contributed by atoms with E-state index in [2.05, 4.69) is 22.4 Å². The SMILES string of the molecule is CCOc1ccc([C@@H](CNC(=O)c2cccs2)c2c[nH]c3ccccc23)cc1OC. The molecule has 2 aromatic heterocycles. The Hall–Kier alpha value is -3.25. The Morgan fingerprint density at radius 2 is 2.00 bits per heavy atom. The quantitative estimate of drug-likeness (QED) is 0.412. The molecule has 0 bridgehead atoms. The summed E-state index contributed by atoms with van der Waals surface area (Å²) in [6.07, 6.45) is 2.02. The van der Waals surface area contributed by atoms with Crippen molar-refractivity contribution in [2.24, 2.45) is 0 Å². The third-order valence-electron chi connectivity index (χ3n) is 5.10. The summed E-state index contributed by atoms with van der Waals surface area (Å²) in [5.74, 6) is 1.29. The van der Waals surface area contributed by atoms with Gasteiger partial charge >= 0.3 is 0 Å². The van der Waals surface area contributed by atoms with E-state index in [1.54, 1.807) is 7.11 Å². The Morgan fingerprint density at radius 3 is 2.77 bits per heavy atom. The molecule has 0 fully saturated rings. The fourth-order valence-corrected chi connectivity index (χ4v) is 4.30. The van der Waals surface area contributed by atoms with Crippen LogP contribution in [-0.4, -0.2) is 31.2 Å². The lowest BCUT2D eigenvalue weighted by Gasteiger charge is -2.20. The van der Waals surface area contributed by atoms with E-state index in [4.69, 9.17) is 9.47 Å². The van der Waals surface area contributed by atoms with Crippen molar-refractivity contribution in [3.8, 4) is 11.5 Å². The molecule has 1 amide bonds. The summed E-state index contributed by atoms with van der Waals surface area (Å²) < 4.78 is 11.2. The number of aromatic nitrogens is 1. The first kappa shape index (κ1) is 20.0. The van der Waals surface area contributed by atoms with Gasteiger partial charge in [0.15, 0.2) is 11.5 Å². The smallest absolute Gasteiger partial charge is 0.261 e. The highest BCUT2D eigenvalue weighted by molar-refractivity contribution is 7.12. The Bertz CT molecular complexity index is 1130. The van der Waals surface area contributed by atoms with Gasteiger partial charge in [0.05, 0.1) is 18.6 Å². The molecule has 154 valence electrons. The summed E-state index contributed by atoms with van der Waals surface area (Å²) in [6, 6.07) is 17.9. The Kier molecular flexibility index (Phi) is 6.05. The molecule has 0 aliphatic carbocycles. The Labute approximate surface area is 179 Å². The second-order valence-electron chi connectivity index (χ2n) is 6.87. The van der Waals surface area contributed by atoms with Gasteiger partial charge in [-0.15, -0.1) is 11.3 Å². The number of aromatic amines is 1. The number of carbonyl (C=O) groups excluding carboxylic acids is 1. The summed E-state index contributed by atoms with van der Waals surface area (Å²) in [6.45, 7) is 2.98. The zero-order valence-electron chi connectivity index (χ0n) is 17.0. The molecule has 2 aromatic carbocycles. The van der Waals surface area contributed by atoms with Gasteiger partial charge in [-0.2, -0.15) is 0 Å². The molecule has 0 unspecified atom stereocenters. The number of fused-ring (bicyclic) bond motifs is 1. The number of thiophene rings is 1. The molecular weight excluding hydrogens is 396 g/mol. The van der Waals surface area contributed by atoms with Crippen LogP contribution in [0.2, 0.25) is 0 Å². The lowest BCUT2D eigenvalue weighted by Crippen LogP contribution is -2.28. The number of hydrogen-bond acceptors (Lipinski definition) is 4. The third-order valence-corrected chi connectivity index (χ3v) is 5.97. The molecule has 0 saturated carbocycles. The molecule has 30 heavy (non-hydrogen) atoms. The summed E-state index contributed by atoms with van der Waals surface area (Å²) in [5.41, 5.74) is 3.25. The van der Waals surface area contributed by atoms with E-state index in [1.807, 2.05) is 61.0 Å². The van der Waals surface area contributed by atoms with E-state index in [-0.39, 0.29) is 11.8 Å². The van der Waals surface area contributed by atoms with Crippen LogP contribution in [-0.2, 0) is 0 Å². The van der Waals surface area contributed by atoms with E-state index >= 15 is 0 Å². The minimum atomic E-state index is -0.0623. The maximum absolute atomic E-state index is 12.6. The van der Waals surface area contributed by atoms with Crippen LogP contribution in [0.15, 0.2) is 66.2 Å². The van der Waals surface area contributed by atoms with Crippen molar-refractivity contribution in [3.63, 3.8) is 0 Å². The van der Waals surface area contributed by atoms with Crippen molar-refractivity contribution >= 4 is 28.1 Å². The van der Waals surface area contributed by atoms with Gasteiger partial charge in [-0.3, -0.25) is 4.79 Å². The predicted molar refractivity (Wildman–Crippen MR) is 121 cm³/mol. The summed E-state index contributed by atoms with van der Waals surface area (Å²) in [4.78, 5) is 16.6. The van der Waals surface area contributed by atoms with Crippen molar-refractivity contribution in [2.75, 3.05) is 20.3 Å². The molecule has 0 saturated heterocycles. The van der Waals surface area contributed by atoms with Crippen LogP contribution in [0.3, 0.4) is 0 Å². The molecule has 0 aliphatic rings. The molecule has 5 nitrogen and oxygen atoms in total. The normalized spacial score (nSPS) is 11.9. The van der Waals surface area contributed by atoms with Gasteiger partial charge in [0, 0.05) is 29.6 Å². The third kappa shape index (κ3) is 4.04. The van der Waals surface area contributed by atoms with Crippen molar-refractivity contribution < 1.29 is 14.3 Å². The average molecular weight is 421 g/mol. The second-order valence-corrected chi connectivity index (χ2v) is 7.82. The molecule has 1 atom stereocenters. The van der Waals surface area contributed by atoms with Gasteiger partial charge in [0.25, 0.3) is 5.91 Å². The van der Waals surface area contributed by atoms with Gasteiger partial charge in [0.1, 0.15) is 0 Å². The van der Waals surface area contributed by atoms with Crippen molar-refractivity contribution in [1.82, 2.24) is 10.3 Å². The second kappa shape index (κ2) is 9.05. The molecule has 4 aromatic rings. The summed E-state index contributed by atoms with van der Waals surface area (Å²) in [7, 11) is 1.64. The van der Waals surface area contributed by atoms with Gasteiger partial charge in [-0.05, 0) is 47.7 Å². The Balaban J connectivity index is 1.71. The fourth-order valence-electron chi connectivity index (χ4n) is 3.65. The van der Waals surface area contributed by atoms with Crippen LogP contribution < -0.4 is 14.8 Å². The largest absolute Gasteiger partial charge is 0.493 e. The molecule has 6 heteroatoms. The number of methoxy groups -OCH3 is 1. The minimum Gasteiger partial charge on any atom is -0.493 e. The lowest BCUT2D eigenvalue weighted by atomic mass is 9.90. The van der Waals surface area contributed by atoms with E-state index in [9.17, 15) is 4.79 Å². The number of benzene rings is 2. The summed E-state index contributed by atoms with van der Waals surface area (Å²) in [5, 5.41) is 6.15. The van der Waals surface area contributed by atoms with Crippen LogP contribution in [0.4, 0.5) is 0 Å². The highest BCUT2D eigenvalue weighted by Gasteiger charge is 2.21. The number of rotatable bonds is 8. The van der Waals surface area contributed by atoms with E-state index < -0.39 is 0 Å². The number of carbonyl (C=O) groups is 1. The average Bonchev–Trinajstić information content (AvgIpc) is 3.45. The van der Waals surface area contributed by atoms with E-state index in [1.165, 1.54) is 11.3 Å². The lowest BCUT2D eigenvalue weighted by molar-refractivity contribution is 0.0956. The summed E-state index contributed by atoms with van der Waals surface area (Å²) >= 11 is 1.44. The number of hydrogen-bond donors (Lipinski definition) is 2. The van der Waals surface area contributed by atoms with Crippen molar-refractivity contribution in [3.05, 3.63) is 82.2 Å². The van der Waals surface area contributed by atoms with Crippen LogP contribution in [0.5, 0.6) is 11.5 Å². The van der Waals surface area contributed by atoms with Gasteiger partial charge in [-0.1, -0.05) is 30.3 Å². The first-order chi connectivity index (χ1) is 14.7. The molecule has 0 radical (unpaired) electrons. The first-order valence-electron chi connectivity index (χ1n) is 9.89. The topological polar surface area (TPSA) is 63.3 Å². The number of H-pyrrole nitrogens is 1. The van der Waals surface area contributed by atoms with Gasteiger partial charge in [-0.25, -0.2) is 0 Å². The molecule has 4 rings (SSSR count). The number of nitrogens with one attached hydrogen (secondary N) is 2. The number of ether oxygens (including phenoxy) is 2. The van der Waals surface area contributed by atoms with Gasteiger partial charge in [0.2, 0.25) is 0 Å². The molecule has 0 spiro atoms. The molecular formula is C24H24N2O3S. The molecule has 2 N–H and O–H groups in total. The van der Waals surface area contributed by atoms with Crippen LogP contribution in [0.25, 0.3) is 10.9 Å². The first-order valence-corrected chi connectivity index (χ1v) is 10.8. The maximum atomic E-state index is 12.6. The minimum absolute atomic E-state index is 0.0466. The Morgan fingerprint density at radius 1 is 1.13 bits per heavy atom. The van der Waals surface area contributed by atoms with Crippen LogP contribution in [0.1, 0.15) is 33.6 Å². The van der Waals surface area contributed by atoms with Crippen LogP contribution in [0, 0.1) is 0 Å².